The minimum absolute atomic E-state index is 0.0163. The van der Waals surface area contributed by atoms with Crippen LogP contribution in [0.1, 0.15) is 132 Å². The second-order valence-electron chi connectivity index (χ2n) is 20.5. The molecule has 0 radical (unpaired) electrons. The maximum absolute atomic E-state index is 14.5. The van der Waals surface area contributed by atoms with Gasteiger partial charge in [0.15, 0.2) is 5.78 Å². The molecule has 15 atom stereocenters. The summed E-state index contributed by atoms with van der Waals surface area (Å²) in [5.41, 5.74) is 1.27. The molecule has 3 fully saturated rings. The van der Waals surface area contributed by atoms with Crippen molar-refractivity contribution in [3.63, 3.8) is 0 Å². The SMILES string of the molecule is CO[C@H]1CC2CC[C@@H](C)[C@@](O)(O2)C(=O)C(=O)N2CCCC[C@H]2C(=O)O[C@H]([C@H](C)C[C@@H]2CC[C@@H](OCCCO)[C@H](OC)C2)CC(=O)[C@H](C)/C=C(\C)[C@@H](O)[C@@H](OC)C(=O)[C@H](C)C[C@H](C)/C=C/C=C/C=C/1C. The number of esters is 1. The van der Waals surface area contributed by atoms with E-state index in [1.165, 1.54) is 12.0 Å². The summed E-state index contributed by atoms with van der Waals surface area (Å²) in [4.78, 5) is 72.2. The highest BCUT2D eigenvalue weighted by Gasteiger charge is 2.53. The van der Waals surface area contributed by atoms with Crippen molar-refractivity contribution in [2.24, 2.45) is 35.5 Å². The lowest BCUT2D eigenvalue weighted by Gasteiger charge is -2.42. The van der Waals surface area contributed by atoms with Crippen LogP contribution in [-0.4, -0.2) is 145 Å². The highest BCUT2D eigenvalue weighted by molar-refractivity contribution is 6.39. The molecule has 1 saturated carbocycles. The molecule has 3 heterocycles. The van der Waals surface area contributed by atoms with Gasteiger partial charge in [-0.25, -0.2) is 4.79 Å². The zero-order valence-corrected chi connectivity index (χ0v) is 43.1. The summed E-state index contributed by atoms with van der Waals surface area (Å²) in [6, 6.07) is -1.14. The second-order valence-corrected chi connectivity index (χ2v) is 20.5. The molecule has 4 rings (SSSR count). The number of amides is 1. The Morgan fingerprint density at radius 3 is 2.28 bits per heavy atom. The maximum Gasteiger partial charge on any atom is 0.329 e. The van der Waals surface area contributed by atoms with E-state index >= 15 is 0 Å². The number of cyclic esters (lactones) is 1. The topological polar surface area (TPSA) is 205 Å². The molecule has 0 aromatic carbocycles. The smallest absolute Gasteiger partial charge is 0.329 e. The van der Waals surface area contributed by atoms with Gasteiger partial charge in [0.25, 0.3) is 11.7 Å². The molecular weight excluding hydrogens is 887 g/mol. The number of hydrogen-bond donors (Lipinski definition) is 3. The Bertz CT molecular complexity index is 1830. The molecular formula is C54H85NO14. The first-order valence-corrected chi connectivity index (χ1v) is 25.5. The number of methoxy groups -OCH3 is 3. The van der Waals surface area contributed by atoms with Crippen molar-refractivity contribution in [2.45, 2.75) is 186 Å². The van der Waals surface area contributed by atoms with Crippen molar-refractivity contribution in [3.8, 4) is 0 Å². The monoisotopic (exact) mass is 972 g/mol. The Hall–Kier alpha value is -3.41. The zero-order valence-electron chi connectivity index (χ0n) is 43.1. The molecule has 4 aliphatic rings. The molecule has 2 bridgehead atoms. The average molecular weight is 972 g/mol. The molecule has 0 spiro atoms. The summed E-state index contributed by atoms with van der Waals surface area (Å²) in [5.74, 6) is -7.92. The van der Waals surface area contributed by atoms with Gasteiger partial charge >= 0.3 is 5.97 Å². The average Bonchev–Trinajstić information content (AvgIpc) is 3.33. The van der Waals surface area contributed by atoms with E-state index in [1.807, 2.05) is 58.1 Å². The second kappa shape index (κ2) is 28.0. The first kappa shape index (κ1) is 58.2. The Morgan fingerprint density at radius 2 is 1.59 bits per heavy atom. The van der Waals surface area contributed by atoms with Crippen LogP contribution in [-0.2, 0) is 52.4 Å². The van der Waals surface area contributed by atoms with E-state index < -0.39 is 77.8 Å². The Balaban J connectivity index is 1.69. The number of fused-ring (bicyclic) bond motifs is 3. The van der Waals surface area contributed by atoms with E-state index in [9.17, 15) is 39.3 Å². The quantitative estimate of drug-likeness (QED) is 0.0916. The van der Waals surface area contributed by atoms with Gasteiger partial charge in [-0.3, -0.25) is 19.2 Å². The van der Waals surface area contributed by atoms with Gasteiger partial charge in [-0.05, 0) is 113 Å². The molecule has 0 aromatic heterocycles. The Morgan fingerprint density at radius 1 is 0.855 bits per heavy atom. The lowest BCUT2D eigenvalue weighted by Crippen LogP contribution is -2.61. The lowest BCUT2D eigenvalue weighted by atomic mass is 9.78. The van der Waals surface area contributed by atoms with Crippen molar-refractivity contribution >= 4 is 29.2 Å². The molecule has 390 valence electrons. The van der Waals surface area contributed by atoms with Crippen LogP contribution in [0.2, 0.25) is 0 Å². The third kappa shape index (κ3) is 16.0. The van der Waals surface area contributed by atoms with E-state index in [2.05, 4.69) is 0 Å². The van der Waals surface area contributed by atoms with Crippen LogP contribution in [0, 0.1) is 35.5 Å². The number of nitrogens with zero attached hydrogens (tertiary/aromatic N) is 1. The third-order valence-electron chi connectivity index (χ3n) is 15.1. The van der Waals surface area contributed by atoms with E-state index in [0.717, 1.165) is 18.4 Å². The molecule has 15 heteroatoms. The summed E-state index contributed by atoms with van der Waals surface area (Å²) >= 11 is 0. The summed E-state index contributed by atoms with van der Waals surface area (Å²) < 4.78 is 35.8. The van der Waals surface area contributed by atoms with Crippen LogP contribution < -0.4 is 0 Å². The Kier molecular flexibility index (Phi) is 23.6. The third-order valence-corrected chi connectivity index (χ3v) is 15.1. The summed E-state index contributed by atoms with van der Waals surface area (Å²) in [5, 5.41) is 32.7. The number of aliphatic hydroxyl groups excluding tert-OH is 2. The fourth-order valence-electron chi connectivity index (χ4n) is 10.6. The van der Waals surface area contributed by atoms with Crippen LogP contribution in [0.5, 0.6) is 0 Å². The van der Waals surface area contributed by atoms with E-state index in [4.69, 9.17) is 28.4 Å². The number of piperidine rings is 1. The van der Waals surface area contributed by atoms with Crippen molar-refractivity contribution in [3.05, 3.63) is 47.6 Å². The highest BCUT2D eigenvalue weighted by Crippen LogP contribution is 2.38. The highest BCUT2D eigenvalue weighted by atomic mass is 16.6. The van der Waals surface area contributed by atoms with Crippen molar-refractivity contribution in [1.29, 1.82) is 0 Å². The van der Waals surface area contributed by atoms with Crippen LogP contribution in [0.15, 0.2) is 47.6 Å². The summed E-state index contributed by atoms with van der Waals surface area (Å²) in [7, 11) is 4.61. The predicted octanol–water partition coefficient (Wildman–Crippen LogP) is 6.59. The number of carbonyl (C=O) groups is 5. The molecule has 15 nitrogen and oxygen atoms in total. The van der Waals surface area contributed by atoms with Gasteiger partial charge in [-0.1, -0.05) is 71.1 Å². The number of carbonyl (C=O) groups excluding carboxylic acids is 5. The van der Waals surface area contributed by atoms with Gasteiger partial charge in [0, 0.05) is 71.7 Å². The molecule has 1 aliphatic carbocycles. The van der Waals surface area contributed by atoms with Crippen LogP contribution in [0.25, 0.3) is 0 Å². The number of ketones is 3. The number of aliphatic hydroxyl groups is 3. The summed E-state index contributed by atoms with van der Waals surface area (Å²) in [6.07, 6.45) is 12.7. The molecule has 2 saturated heterocycles. The molecule has 3 aliphatic heterocycles. The van der Waals surface area contributed by atoms with Crippen LogP contribution in [0.3, 0.4) is 0 Å². The maximum atomic E-state index is 14.5. The van der Waals surface area contributed by atoms with E-state index in [-0.39, 0.29) is 67.5 Å². The first-order chi connectivity index (χ1) is 32.8. The number of ether oxygens (including phenoxy) is 6. The molecule has 3 N–H and O–H groups in total. The molecule has 1 amide bonds. The fourth-order valence-corrected chi connectivity index (χ4v) is 10.6. The first-order valence-electron chi connectivity index (χ1n) is 25.5. The van der Waals surface area contributed by atoms with Crippen LogP contribution in [0.4, 0.5) is 0 Å². The number of hydrogen-bond acceptors (Lipinski definition) is 14. The number of rotatable bonds is 10. The fraction of sp³-hybridized carbons (Fsp3) is 0.759. The number of Topliss-reactive ketones (excluding diaryl/α,β-unsaturated/α-hetero) is 3. The largest absolute Gasteiger partial charge is 0.460 e. The van der Waals surface area contributed by atoms with E-state index in [1.54, 1.807) is 41.1 Å². The van der Waals surface area contributed by atoms with Gasteiger partial charge in [0.1, 0.15) is 30.1 Å². The minimum Gasteiger partial charge on any atom is -0.460 e. The molecule has 69 heavy (non-hydrogen) atoms. The minimum atomic E-state index is -2.43. The van der Waals surface area contributed by atoms with Crippen molar-refractivity contribution < 1.29 is 67.7 Å². The molecule has 0 aromatic rings. The predicted molar refractivity (Wildman–Crippen MR) is 261 cm³/mol. The summed E-state index contributed by atoms with van der Waals surface area (Å²) in [6.45, 7) is 13.3. The lowest BCUT2D eigenvalue weighted by molar-refractivity contribution is -0.265. The van der Waals surface area contributed by atoms with Gasteiger partial charge in [0.2, 0.25) is 5.79 Å². The zero-order chi connectivity index (χ0) is 51.0. The van der Waals surface area contributed by atoms with Crippen molar-refractivity contribution in [1.82, 2.24) is 4.90 Å². The van der Waals surface area contributed by atoms with Crippen LogP contribution >= 0.6 is 0 Å². The Labute approximate surface area is 411 Å². The normalized spacial score (nSPS) is 38.8. The van der Waals surface area contributed by atoms with E-state index in [0.29, 0.717) is 70.0 Å². The van der Waals surface area contributed by atoms with Gasteiger partial charge in [-0.15, -0.1) is 0 Å². The van der Waals surface area contributed by atoms with Gasteiger partial charge in [-0.2, -0.15) is 0 Å². The van der Waals surface area contributed by atoms with Gasteiger partial charge < -0.3 is 48.6 Å². The standard InChI is InChI=1S/C54H85NO14/c1-33-17-12-11-13-18-34(2)45(64-8)31-41-22-20-39(7)54(63,69-41)51(60)52(61)55-24-15-14-19-42(55)53(62)68-46(36(4)29-40-21-23-44(47(30-40)65-9)67-26-16-25-56)32-43(57)35(3)28-38(6)49(59)50(66-10)48(58)37(5)27-33/h11-13,17-18,28,33,35-37,39-42,44-47,49-50,56,59,63H,14-16,19-27,29-32H2,1-10H3/b13-11+,17-12+,34-18+,38-28+/t33-,35-,36-,37-,39-,40+,41?,42+,44-,45+,46+,47-,49-,50+,54-/m1/s1. The van der Waals surface area contributed by atoms with Gasteiger partial charge in [0.05, 0.1) is 24.4 Å². The van der Waals surface area contributed by atoms with Crippen molar-refractivity contribution in [2.75, 3.05) is 41.1 Å². The number of allylic oxidation sites excluding steroid dienone is 6. The molecule has 1 unspecified atom stereocenters.